The molecule has 0 atom stereocenters. The quantitative estimate of drug-likeness (QED) is 0.390. The first-order chi connectivity index (χ1) is 17.9. The molecule has 37 heavy (non-hydrogen) atoms. The van der Waals surface area contributed by atoms with Gasteiger partial charge >= 0.3 is 0 Å². The Bertz CT molecular complexity index is 1410. The van der Waals surface area contributed by atoms with Crippen LogP contribution < -0.4 is 9.64 Å². The highest BCUT2D eigenvalue weighted by atomic mass is 19.1. The summed E-state index contributed by atoms with van der Waals surface area (Å²) in [4.78, 5) is 26.4. The van der Waals surface area contributed by atoms with Gasteiger partial charge < -0.3 is 19.1 Å². The zero-order valence-electron chi connectivity index (χ0n) is 20.7. The van der Waals surface area contributed by atoms with Crippen molar-refractivity contribution in [3.63, 3.8) is 0 Å². The second-order valence-corrected chi connectivity index (χ2v) is 8.95. The van der Waals surface area contributed by atoms with E-state index in [4.69, 9.17) is 9.72 Å². The molecule has 4 aromatic rings. The van der Waals surface area contributed by atoms with Crippen LogP contribution in [-0.2, 0) is 11.2 Å². The summed E-state index contributed by atoms with van der Waals surface area (Å²) in [6.45, 7) is 4.11. The topological polar surface area (TPSA) is 63.5 Å². The highest BCUT2D eigenvalue weighted by Crippen LogP contribution is 2.25. The number of pyridine rings is 1. The normalized spacial score (nSPS) is 13.6. The van der Waals surface area contributed by atoms with Crippen molar-refractivity contribution in [1.29, 1.82) is 0 Å². The second-order valence-electron chi connectivity index (χ2n) is 8.95. The molecule has 1 amide bonds. The van der Waals surface area contributed by atoms with E-state index in [1.807, 2.05) is 11.0 Å². The van der Waals surface area contributed by atoms with Crippen LogP contribution in [0.2, 0.25) is 0 Å². The number of aryl methyl sites for hydroxylation is 1. The predicted octanol–water partition coefficient (Wildman–Crippen LogP) is 4.42. The maximum absolute atomic E-state index is 13.8. The summed E-state index contributed by atoms with van der Waals surface area (Å²) >= 11 is 0. The lowest BCUT2D eigenvalue weighted by Crippen LogP contribution is -2.49. The van der Waals surface area contributed by atoms with Gasteiger partial charge in [0.05, 0.1) is 19.2 Å². The average molecular weight is 504 g/mol. The molecule has 3 heterocycles. The Balaban J connectivity index is 1.35. The molecule has 1 saturated heterocycles. The van der Waals surface area contributed by atoms with Crippen LogP contribution in [0.4, 0.5) is 14.6 Å². The molecule has 1 aliphatic rings. The molecule has 0 bridgehead atoms. The number of rotatable bonds is 6. The number of anilines is 1. The largest absolute Gasteiger partial charge is 0.497 e. The summed E-state index contributed by atoms with van der Waals surface area (Å²) in [6, 6.07) is 14.5. The molecule has 0 N–H and O–H groups in total. The number of benzene rings is 2. The van der Waals surface area contributed by atoms with Gasteiger partial charge in [-0.3, -0.25) is 4.79 Å². The molecule has 2 aromatic carbocycles. The molecule has 1 fully saturated rings. The molecule has 2 aromatic heterocycles. The van der Waals surface area contributed by atoms with Crippen molar-refractivity contribution >= 4 is 11.7 Å². The summed E-state index contributed by atoms with van der Waals surface area (Å²) in [6.07, 6.45) is 3.59. The molecule has 5 rings (SSSR count). The number of ether oxygens (including phenoxy) is 1. The Morgan fingerprint density at radius 3 is 2.46 bits per heavy atom. The third-order valence-corrected chi connectivity index (χ3v) is 6.56. The standard InChI is InChI=1S/C28H27F2N5O2/c1-19-15-20(3-8-24(19)30)25-18-35(22-6-4-21(29)5-7-22)27(32-25)17-28(36)34-13-11-33(12-14-34)26-16-23(37-2)9-10-31-26/h3-10,15-16,18H,11-14,17H2,1-2H3. The van der Waals surface area contributed by atoms with Gasteiger partial charge in [0.1, 0.15) is 29.0 Å². The molecule has 0 spiro atoms. The van der Waals surface area contributed by atoms with Gasteiger partial charge in [0.15, 0.2) is 0 Å². The lowest BCUT2D eigenvalue weighted by Gasteiger charge is -2.35. The highest BCUT2D eigenvalue weighted by molar-refractivity contribution is 5.79. The van der Waals surface area contributed by atoms with Crippen LogP contribution in [0.25, 0.3) is 16.9 Å². The van der Waals surface area contributed by atoms with Crippen LogP contribution >= 0.6 is 0 Å². The number of halogens is 2. The molecule has 190 valence electrons. The van der Waals surface area contributed by atoms with Gasteiger partial charge in [0.25, 0.3) is 0 Å². The smallest absolute Gasteiger partial charge is 0.230 e. The van der Waals surface area contributed by atoms with Gasteiger partial charge in [-0.2, -0.15) is 0 Å². The number of aromatic nitrogens is 3. The highest BCUT2D eigenvalue weighted by Gasteiger charge is 2.24. The monoisotopic (exact) mass is 503 g/mol. The van der Waals surface area contributed by atoms with E-state index < -0.39 is 0 Å². The van der Waals surface area contributed by atoms with Crippen LogP contribution in [0.3, 0.4) is 0 Å². The van der Waals surface area contributed by atoms with Crippen molar-refractivity contribution in [1.82, 2.24) is 19.4 Å². The Kier molecular flexibility index (Phi) is 6.85. The number of imidazole rings is 1. The van der Waals surface area contributed by atoms with Gasteiger partial charge in [-0.15, -0.1) is 0 Å². The molecule has 9 heteroatoms. The number of piperazine rings is 1. The fourth-order valence-electron chi connectivity index (χ4n) is 4.44. The molecule has 0 aliphatic carbocycles. The van der Waals surface area contributed by atoms with Gasteiger partial charge in [-0.1, -0.05) is 0 Å². The molecule has 0 radical (unpaired) electrons. The van der Waals surface area contributed by atoms with Gasteiger partial charge in [0.2, 0.25) is 5.91 Å². The first-order valence-electron chi connectivity index (χ1n) is 12.0. The van der Waals surface area contributed by atoms with E-state index in [9.17, 15) is 13.6 Å². The SMILES string of the molecule is COc1ccnc(N2CCN(C(=O)Cc3nc(-c4ccc(F)c(C)c4)cn3-c3ccc(F)cc3)CC2)c1. The lowest BCUT2D eigenvalue weighted by atomic mass is 10.1. The summed E-state index contributed by atoms with van der Waals surface area (Å²) in [5.74, 6) is 1.40. The molecule has 7 nitrogen and oxygen atoms in total. The maximum Gasteiger partial charge on any atom is 0.230 e. The number of nitrogens with zero attached hydrogens (tertiary/aromatic N) is 5. The Morgan fingerprint density at radius 2 is 1.76 bits per heavy atom. The first-order valence-corrected chi connectivity index (χ1v) is 12.0. The van der Waals surface area contributed by atoms with Crippen LogP contribution in [-0.4, -0.2) is 58.6 Å². The van der Waals surface area contributed by atoms with E-state index in [0.29, 0.717) is 48.9 Å². The zero-order chi connectivity index (χ0) is 25.9. The van der Waals surface area contributed by atoms with E-state index in [1.165, 1.54) is 18.2 Å². The fourth-order valence-corrected chi connectivity index (χ4v) is 4.44. The number of carbonyl (C=O) groups excluding carboxylic acids is 1. The average Bonchev–Trinajstić information content (AvgIpc) is 3.34. The number of hydrogen-bond acceptors (Lipinski definition) is 5. The molecular formula is C28H27F2N5O2. The van der Waals surface area contributed by atoms with Crippen LogP contribution in [0.15, 0.2) is 67.0 Å². The Morgan fingerprint density at radius 1 is 1.00 bits per heavy atom. The number of methoxy groups -OCH3 is 1. The minimum absolute atomic E-state index is 0.0472. The van der Waals surface area contributed by atoms with Crippen LogP contribution in [0.5, 0.6) is 5.75 Å². The minimum atomic E-state index is -0.348. The van der Waals surface area contributed by atoms with Crippen LogP contribution in [0.1, 0.15) is 11.4 Å². The number of amides is 1. The lowest BCUT2D eigenvalue weighted by molar-refractivity contribution is -0.130. The molecule has 0 saturated carbocycles. The summed E-state index contributed by atoms with van der Waals surface area (Å²) < 4.78 is 34.5. The van der Waals surface area contributed by atoms with Gasteiger partial charge in [0, 0.05) is 55.9 Å². The summed E-state index contributed by atoms with van der Waals surface area (Å²) in [5.41, 5.74) is 2.56. The van der Waals surface area contributed by atoms with E-state index >= 15 is 0 Å². The van der Waals surface area contributed by atoms with Crippen molar-refractivity contribution in [2.45, 2.75) is 13.3 Å². The van der Waals surface area contributed by atoms with Gasteiger partial charge in [-0.05, 0) is 61.0 Å². The Hall–Kier alpha value is -4.27. The third kappa shape index (κ3) is 5.30. The zero-order valence-corrected chi connectivity index (χ0v) is 20.7. The number of hydrogen-bond donors (Lipinski definition) is 0. The van der Waals surface area contributed by atoms with E-state index in [1.54, 1.807) is 61.3 Å². The van der Waals surface area contributed by atoms with Gasteiger partial charge in [-0.25, -0.2) is 18.7 Å². The van der Waals surface area contributed by atoms with Crippen molar-refractivity contribution in [2.24, 2.45) is 0 Å². The third-order valence-electron chi connectivity index (χ3n) is 6.56. The van der Waals surface area contributed by atoms with Crippen LogP contribution in [0, 0.1) is 18.6 Å². The van der Waals surface area contributed by atoms with Crippen molar-refractivity contribution in [2.75, 3.05) is 38.2 Å². The molecule has 1 aliphatic heterocycles. The second kappa shape index (κ2) is 10.4. The van der Waals surface area contributed by atoms with E-state index in [2.05, 4.69) is 9.88 Å². The summed E-state index contributed by atoms with van der Waals surface area (Å²) in [7, 11) is 1.62. The predicted molar refractivity (Wildman–Crippen MR) is 137 cm³/mol. The van der Waals surface area contributed by atoms with E-state index in [0.717, 1.165) is 17.1 Å². The number of carbonyl (C=O) groups is 1. The van der Waals surface area contributed by atoms with Crippen molar-refractivity contribution in [3.05, 3.63) is 90.0 Å². The van der Waals surface area contributed by atoms with Crippen molar-refractivity contribution in [3.8, 4) is 22.7 Å². The van der Waals surface area contributed by atoms with E-state index in [-0.39, 0.29) is 24.0 Å². The molecule has 0 unspecified atom stereocenters. The summed E-state index contributed by atoms with van der Waals surface area (Å²) in [5, 5.41) is 0. The first kappa shape index (κ1) is 24.4. The fraction of sp³-hybridized carbons (Fsp3) is 0.250. The maximum atomic E-state index is 13.8. The Labute approximate surface area is 214 Å². The molecular weight excluding hydrogens is 476 g/mol. The minimum Gasteiger partial charge on any atom is -0.497 e. The van der Waals surface area contributed by atoms with Crippen molar-refractivity contribution < 1.29 is 18.3 Å².